The molecule has 1 aliphatic heterocycles. The second-order valence-corrected chi connectivity index (χ2v) is 9.81. The van der Waals surface area contributed by atoms with E-state index in [1.54, 1.807) is 0 Å². The van der Waals surface area contributed by atoms with Gasteiger partial charge in [-0.15, -0.1) is 0 Å². The average Bonchev–Trinajstić information content (AvgIpc) is 3.16. The van der Waals surface area contributed by atoms with Crippen molar-refractivity contribution >= 4 is 15.7 Å². The molecule has 0 aromatic heterocycles. The summed E-state index contributed by atoms with van der Waals surface area (Å²) < 4.78 is 22.9. The van der Waals surface area contributed by atoms with Crippen molar-refractivity contribution < 1.29 is 13.2 Å². The molecule has 2 fully saturated rings. The number of likely N-dealkylation sites (tertiary alicyclic amines) is 1. The normalized spacial score (nSPS) is 26.2. The first kappa shape index (κ1) is 17.4. The highest BCUT2D eigenvalue weighted by molar-refractivity contribution is 7.90. The lowest BCUT2D eigenvalue weighted by Crippen LogP contribution is -2.43. The van der Waals surface area contributed by atoms with E-state index in [9.17, 15) is 13.2 Å². The zero-order valence-corrected chi connectivity index (χ0v) is 15.2. The quantitative estimate of drug-likeness (QED) is 0.842. The van der Waals surface area contributed by atoms with Crippen molar-refractivity contribution in [2.45, 2.75) is 31.7 Å². The lowest BCUT2D eigenvalue weighted by molar-refractivity contribution is -0.126. The van der Waals surface area contributed by atoms with Gasteiger partial charge in [0, 0.05) is 43.3 Å². The Morgan fingerprint density at radius 2 is 1.92 bits per heavy atom. The zero-order valence-electron chi connectivity index (χ0n) is 14.4. The molecular formula is C18H26N2O3S. The topological polar surface area (TPSA) is 66.5 Å². The molecule has 0 radical (unpaired) electrons. The van der Waals surface area contributed by atoms with Gasteiger partial charge >= 0.3 is 0 Å². The van der Waals surface area contributed by atoms with Crippen LogP contribution in [-0.4, -0.2) is 56.9 Å². The number of carbonyl (C=O) groups is 1. The van der Waals surface area contributed by atoms with Gasteiger partial charge in [-0.3, -0.25) is 9.69 Å². The van der Waals surface area contributed by atoms with Crippen LogP contribution in [0, 0.1) is 5.41 Å². The van der Waals surface area contributed by atoms with Crippen molar-refractivity contribution in [2.24, 2.45) is 5.41 Å². The first-order chi connectivity index (χ1) is 11.3. The molecule has 1 aromatic rings. The van der Waals surface area contributed by atoms with Crippen molar-refractivity contribution in [3.8, 4) is 0 Å². The molecule has 1 saturated carbocycles. The van der Waals surface area contributed by atoms with Crippen LogP contribution in [0.15, 0.2) is 30.3 Å². The van der Waals surface area contributed by atoms with E-state index in [4.69, 9.17) is 0 Å². The molecule has 2 atom stereocenters. The predicted octanol–water partition coefficient (Wildman–Crippen LogP) is 1.42. The minimum atomic E-state index is -2.98. The van der Waals surface area contributed by atoms with E-state index in [2.05, 4.69) is 22.3 Å². The maximum Gasteiger partial charge on any atom is 0.226 e. The molecule has 1 aromatic carbocycles. The minimum absolute atomic E-state index is 0.0388. The number of hydrogen-bond acceptors (Lipinski definition) is 4. The van der Waals surface area contributed by atoms with Crippen LogP contribution in [0.25, 0.3) is 0 Å². The maximum absolute atomic E-state index is 12.5. The first-order valence-electron chi connectivity index (χ1n) is 8.53. The number of nitrogens with one attached hydrogen (secondary N) is 1. The second-order valence-electron chi connectivity index (χ2n) is 7.55. The van der Waals surface area contributed by atoms with Crippen molar-refractivity contribution in [3.05, 3.63) is 35.9 Å². The number of carbonyl (C=O) groups excluding carboxylic acids is 1. The molecule has 24 heavy (non-hydrogen) atoms. The van der Waals surface area contributed by atoms with Gasteiger partial charge in [0.2, 0.25) is 5.91 Å². The molecule has 3 rings (SSSR count). The zero-order chi connectivity index (χ0) is 17.4. The van der Waals surface area contributed by atoms with E-state index in [1.807, 2.05) is 25.1 Å². The summed E-state index contributed by atoms with van der Waals surface area (Å²) in [6, 6.07) is 10.2. The van der Waals surface area contributed by atoms with E-state index in [0.29, 0.717) is 13.1 Å². The van der Waals surface area contributed by atoms with E-state index < -0.39 is 9.84 Å². The number of rotatable bonds is 6. The Morgan fingerprint density at radius 1 is 1.25 bits per heavy atom. The Kier molecular flexibility index (Phi) is 4.71. The third-order valence-corrected chi connectivity index (χ3v) is 6.19. The van der Waals surface area contributed by atoms with Crippen molar-refractivity contribution in [3.63, 3.8) is 0 Å². The summed E-state index contributed by atoms with van der Waals surface area (Å²) in [6.07, 6.45) is 3.18. The summed E-state index contributed by atoms with van der Waals surface area (Å²) in [5.74, 6) is 0.503. The van der Waals surface area contributed by atoms with Crippen LogP contribution in [0.4, 0.5) is 0 Å². The molecule has 1 aliphatic carbocycles. The molecule has 1 saturated heterocycles. The molecule has 132 valence electrons. The summed E-state index contributed by atoms with van der Waals surface area (Å²) in [5, 5.41) is 3.23. The van der Waals surface area contributed by atoms with Crippen LogP contribution in [0.2, 0.25) is 0 Å². The summed E-state index contributed by atoms with van der Waals surface area (Å²) in [6.45, 7) is 4.01. The molecule has 0 spiro atoms. The van der Waals surface area contributed by atoms with Gasteiger partial charge in [-0.05, 0) is 18.4 Å². The standard InChI is InChI=1S/C18H26N2O3S/c1-18(8-9-18)17(21)19-16-13-20(10-11-24(2,22)23)12-15(16)14-6-4-3-5-7-14/h3-7,15-16H,8-13H2,1-2H3,(H,19,21)/t15-,16+/m1/s1. The number of amides is 1. The van der Waals surface area contributed by atoms with Gasteiger partial charge in [-0.2, -0.15) is 0 Å². The lowest BCUT2D eigenvalue weighted by atomic mass is 9.94. The van der Waals surface area contributed by atoms with Crippen LogP contribution in [0.5, 0.6) is 0 Å². The molecule has 1 heterocycles. The van der Waals surface area contributed by atoms with Gasteiger partial charge in [0.15, 0.2) is 0 Å². The fourth-order valence-electron chi connectivity index (χ4n) is 3.30. The molecular weight excluding hydrogens is 324 g/mol. The highest BCUT2D eigenvalue weighted by Crippen LogP contribution is 2.45. The number of hydrogen-bond donors (Lipinski definition) is 1. The third kappa shape index (κ3) is 4.16. The highest BCUT2D eigenvalue weighted by Gasteiger charge is 2.46. The highest BCUT2D eigenvalue weighted by atomic mass is 32.2. The second kappa shape index (κ2) is 6.48. The molecule has 0 unspecified atom stereocenters. The number of benzene rings is 1. The smallest absolute Gasteiger partial charge is 0.226 e. The van der Waals surface area contributed by atoms with Crippen molar-refractivity contribution in [1.29, 1.82) is 0 Å². The number of nitrogens with zero attached hydrogens (tertiary/aromatic N) is 1. The number of sulfone groups is 1. The summed E-state index contributed by atoms with van der Waals surface area (Å²) in [7, 11) is -2.98. The van der Waals surface area contributed by atoms with Gasteiger partial charge < -0.3 is 5.32 Å². The molecule has 1 amide bonds. The van der Waals surface area contributed by atoms with Gasteiger partial charge in [-0.1, -0.05) is 37.3 Å². The van der Waals surface area contributed by atoms with Crippen LogP contribution < -0.4 is 5.32 Å². The molecule has 5 nitrogen and oxygen atoms in total. The van der Waals surface area contributed by atoms with E-state index in [0.717, 1.165) is 19.4 Å². The predicted molar refractivity (Wildman–Crippen MR) is 94.6 cm³/mol. The van der Waals surface area contributed by atoms with Crippen LogP contribution in [-0.2, 0) is 14.6 Å². The maximum atomic E-state index is 12.5. The summed E-state index contributed by atoms with van der Waals surface area (Å²) >= 11 is 0. The van der Waals surface area contributed by atoms with Crippen molar-refractivity contribution in [1.82, 2.24) is 10.2 Å². The Hall–Kier alpha value is -1.40. The largest absolute Gasteiger partial charge is 0.351 e. The molecule has 1 N–H and O–H groups in total. The van der Waals surface area contributed by atoms with Gasteiger partial charge in [0.1, 0.15) is 9.84 Å². The SMILES string of the molecule is CC1(C(=O)N[C@H]2CN(CCS(C)(=O)=O)C[C@@H]2c2ccccc2)CC1. The monoisotopic (exact) mass is 350 g/mol. The first-order valence-corrected chi connectivity index (χ1v) is 10.6. The van der Waals surface area contributed by atoms with Gasteiger partial charge in [-0.25, -0.2) is 8.42 Å². The van der Waals surface area contributed by atoms with Gasteiger partial charge in [0.05, 0.1) is 5.75 Å². The fraction of sp³-hybridized carbons (Fsp3) is 0.611. The molecule has 0 bridgehead atoms. The Balaban J connectivity index is 1.71. The molecule has 6 heteroatoms. The summed E-state index contributed by atoms with van der Waals surface area (Å²) in [5.41, 5.74) is 1.01. The minimum Gasteiger partial charge on any atom is -0.351 e. The van der Waals surface area contributed by atoms with Gasteiger partial charge in [0.25, 0.3) is 0 Å². The Morgan fingerprint density at radius 3 is 2.50 bits per heavy atom. The lowest BCUT2D eigenvalue weighted by Gasteiger charge is -2.22. The van der Waals surface area contributed by atoms with Crippen molar-refractivity contribution in [2.75, 3.05) is 31.6 Å². The molecule has 2 aliphatic rings. The average molecular weight is 350 g/mol. The van der Waals surface area contributed by atoms with Crippen LogP contribution >= 0.6 is 0 Å². The fourth-order valence-corrected chi connectivity index (χ4v) is 3.89. The Bertz CT molecular complexity index is 698. The summed E-state index contributed by atoms with van der Waals surface area (Å²) in [4.78, 5) is 14.6. The van der Waals surface area contributed by atoms with E-state index >= 15 is 0 Å². The van der Waals surface area contributed by atoms with E-state index in [1.165, 1.54) is 11.8 Å². The van der Waals surface area contributed by atoms with Crippen LogP contribution in [0.3, 0.4) is 0 Å². The van der Waals surface area contributed by atoms with Crippen LogP contribution in [0.1, 0.15) is 31.2 Å². The third-order valence-electron chi connectivity index (χ3n) is 5.27. The Labute approximate surface area is 144 Å². The van der Waals surface area contributed by atoms with E-state index in [-0.39, 0.29) is 29.0 Å².